The Balaban J connectivity index is 1.05. The normalized spacial score (nSPS) is 25.7. The van der Waals surface area contributed by atoms with Crippen LogP contribution in [0.1, 0.15) is 38.2 Å². The molecule has 0 radical (unpaired) electrons. The van der Waals surface area contributed by atoms with Gasteiger partial charge in [-0.25, -0.2) is 0 Å². The van der Waals surface area contributed by atoms with Crippen LogP contribution >= 0.6 is 10.0 Å². The molecule has 3 aliphatic carbocycles. The minimum absolute atomic E-state index is 0.271. The summed E-state index contributed by atoms with van der Waals surface area (Å²) in [4.78, 5) is 5.42. The van der Waals surface area contributed by atoms with Gasteiger partial charge in [0.25, 0.3) is 0 Å². The van der Waals surface area contributed by atoms with E-state index >= 15 is 0 Å². The lowest BCUT2D eigenvalue weighted by Gasteiger charge is -2.65. The molecule has 2 unspecified atom stereocenters. The van der Waals surface area contributed by atoms with Gasteiger partial charge >= 0.3 is 0 Å². The van der Waals surface area contributed by atoms with Crippen molar-refractivity contribution in [2.24, 2.45) is 23.7 Å². The number of hydrogen-bond donors (Lipinski definition) is 0. The number of hydrogen-bond acceptors (Lipinski definition) is 2. The number of nitrogens with zero attached hydrogens (tertiary/aromatic N) is 1. The van der Waals surface area contributed by atoms with E-state index in [4.69, 9.17) is 4.42 Å². The van der Waals surface area contributed by atoms with Gasteiger partial charge in [-0.3, -0.25) is 0 Å². The van der Waals surface area contributed by atoms with E-state index in [0.717, 1.165) is 51.3 Å². The maximum atomic E-state index is 6.44. The molecule has 0 bridgehead atoms. The molecular formula is C48H43NOS. The fourth-order valence-electron chi connectivity index (χ4n) is 11.0. The average molecular weight is 682 g/mol. The molecule has 6 aromatic carbocycles. The lowest BCUT2D eigenvalue weighted by molar-refractivity contribution is -0.141. The van der Waals surface area contributed by atoms with E-state index in [1.54, 1.807) is 0 Å². The van der Waals surface area contributed by atoms with Gasteiger partial charge in [0.05, 0.1) is 11.1 Å². The van der Waals surface area contributed by atoms with E-state index in [2.05, 4.69) is 158 Å². The van der Waals surface area contributed by atoms with Crippen molar-refractivity contribution >= 4 is 49.0 Å². The molecule has 0 amide bonds. The zero-order chi connectivity index (χ0) is 34.1. The fourth-order valence-corrected chi connectivity index (χ4v) is 13.5. The summed E-state index contributed by atoms with van der Waals surface area (Å²) in [5.41, 5.74) is 12.5. The lowest BCUT2D eigenvalue weighted by atomic mass is 9.39. The average Bonchev–Trinajstić information content (AvgIpc) is 3.63. The number of fused-ring (bicyclic) bond motifs is 6. The van der Waals surface area contributed by atoms with E-state index in [9.17, 15) is 0 Å². The second-order valence-electron chi connectivity index (χ2n) is 16.5. The van der Waals surface area contributed by atoms with Gasteiger partial charge in [-0.05, 0) is 144 Å². The Hall–Kier alpha value is -4.73. The Labute approximate surface area is 302 Å². The van der Waals surface area contributed by atoms with E-state index in [-0.39, 0.29) is 5.41 Å². The lowest BCUT2D eigenvalue weighted by Crippen LogP contribution is -2.58. The van der Waals surface area contributed by atoms with Crippen molar-refractivity contribution in [2.75, 3.05) is 17.4 Å². The summed E-state index contributed by atoms with van der Waals surface area (Å²) < 4.78 is 6.44. The van der Waals surface area contributed by atoms with Gasteiger partial charge in [-0.1, -0.05) is 91.9 Å². The molecule has 3 heteroatoms. The Morgan fingerprint density at radius 2 is 1.27 bits per heavy atom. The van der Waals surface area contributed by atoms with E-state index in [1.807, 2.05) is 0 Å². The van der Waals surface area contributed by atoms with Crippen LogP contribution in [0.25, 0.3) is 44.2 Å². The third-order valence-electron chi connectivity index (χ3n) is 13.4. The molecule has 1 aromatic heterocycles. The SMILES string of the molecule is CC1(c2ccc(N(c3ccc4c(c3)S(C)(C)c3cc(-c5ccccc5)ccc3-4)c3cccc4oc5ccccc5c34)cc2)CC2CC3CC(C1)C32. The van der Waals surface area contributed by atoms with Gasteiger partial charge < -0.3 is 9.32 Å². The van der Waals surface area contributed by atoms with E-state index < -0.39 is 10.0 Å². The number of benzene rings is 6. The zero-order valence-corrected chi connectivity index (χ0v) is 30.4. The van der Waals surface area contributed by atoms with Crippen LogP contribution in [-0.4, -0.2) is 12.5 Å². The molecule has 3 saturated carbocycles. The molecule has 3 fully saturated rings. The molecule has 51 heavy (non-hydrogen) atoms. The second kappa shape index (κ2) is 10.7. The van der Waals surface area contributed by atoms with Crippen molar-refractivity contribution in [3.8, 4) is 22.3 Å². The van der Waals surface area contributed by atoms with Crippen molar-refractivity contribution in [3.05, 3.63) is 139 Å². The Morgan fingerprint density at radius 1 is 0.608 bits per heavy atom. The minimum Gasteiger partial charge on any atom is -0.456 e. The van der Waals surface area contributed by atoms with Crippen molar-refractivity contribution in [3.63, 3.8) is 0 Å². The first-order valence-corrected chi connectivity index (χ1v) is 21.2. The summed E-state index contributed by atoms with van der Waals surface area (Å²) in [6.45, 7) is 2.55. The zero-order valence-electron chi connectivity index (χ0n) is 29.6. The van der Waals surface area contributed by atoms with Gasteiger partial charge in [0, 0.05) is 26.6 Å². The molecule has 11 rings (SSSR count). The predicted molar refractivity (Wildman–Crippen MR) is 215 cm³/mol. The summed E-state index contributed by atoms with van der Waals surface area (Å²) in [6.07, 6.45) is 10.6. The number of furan rings is 1. The van der Waals surface area contributed by atoms with E-state index in [0.29, 0.717) is 0 Å². The summed E-state index contributed by atoms with van der Waals surface area (Å²) in [6, 6.07) is 49.8. The highest BCUT2D eigenvalue weighted by atomic mass is 32.3. The topological polar surface area (TPSA) is 16.4 Å². The van der Waals surface area contributed by atoms with Crippen molar-refractivity contribution in [1.29, 1.82) is 0 Å². The van der Waals surface area contributed by atoms with E-state index in [1.165, 1.54) is 74.7 Å². The van der Waals surface area contributed by atoms with Gasteiger partial charge in [0.2, 0.25) is 0 Å². The highest BCUT2D eigenvalue weighted by molar-refractivity contribution is 8.33. The fraction of sp³-hybridized carbons (Fsp3) is 0.250. The minimum atomic E-state index is -1.26. The maximum Gasteiger partial charge on any atom is 0.137 e. The van der Waals surface area contributed by atoms with Crippen LogP contribution < -0.4 is 4.90 Å². The Morgan fingerprint density at radius 3 is 2.04 bits per heavy atom. The predicted octanol–water partition coefficient (Wildman–Crippen LogP) is 13.5. The molecular weight excluding hydrogens is 639 g/mol. The first-order valence-electron chi connectivity index (χ1n) is 18.7. The van der Waals surface area contributed by atoms with Crippen LogP contribution in [0.5, 0.6) is 0 Å². The molecule has 0 spiro atoms. The quantitative estimate of drug-likeness (QED) is 0.180. The summed E-state index contributed by atoms with van der Waals surface area (Å²) in [5.74, 6) is 3.99. The molecule has 2 heterocycles. The van der Waals surface area contributed by atoms with Crippen molar-refractivity contribution < 1.29 is 4.42 Å². The van der Waals surface area contributed by atoms with Gasteiger partial charge in [0.15, 0.2) is 0 Å². The monoisotopic (exact) mass is 681 g/mol. The van der Waals surface area contributed by atoms with Crippen LogP contribution in [0.4, 0.5) is 17.1 Å². The largest absolute Gasteiger partial charge is 0.456 e. The molecule has 4 aliphatic rings. The number of para-hydroxylation sites is 1. The molecule has 252 valence electrons. The van der Waals surface area contributed by atoms with Crippen molar-refractivity contribution in [2.45, 2.75) is 47.8 Å². The second-order valence-corrected chi connectivity index (χ2v) is 20.0. The van der Waals surface area contributed by atoms with Crippen LogP contribution in [0, 0.1) is 23.7 Å². The molecule has 7 aromatic rings. The molecule has 2 atom stereocenters. The molecule has 2 nitrogen and oxygen atoms in total. The van der Waals surface area contributed by atoms with Gasteiger partial charge in [-0.15, -0.1) is 0 Å². The van der Waals surface area contributed by atoms with Gasteiger partial charge in [0.1, 0.15) is 11.2 Å². The Kier molecular flexibility index (Phi) is 6.25. The molecule has 0 saturated heterocycles. The van der Waals surface area contributed by atoms with Crippen LogP contribution in [-0.2, 0) is 5.41 Å². The first kappa shape index (κ1) is 29.9. The summed E-state index contributed by atoms with van der Waals surface area (Å²) in [7, 11) is -1.26. The third-order valence-corrected chi connectivity index (χ3v) is 16.3. The van der Waals surface area contributed by atoms with Crippen LogP contribution in [0.3, 0.4) is 0 Å². The number of rotatable bonds is 5. The first-order chi connectivity index (χ1) is 24.9. The Bertz CT molecular complexity index is 2490. The highest BCUT2D eigenvalue weighted by Gasteiger charge is 2.59. The molecule has 1 aliphatic heterocycles. The van der Waals surface area contributed by atoms with Gasteiger partial charge in [-0.2, -0.15) is 10.0 Å². The third kappa shape index (κ3) is 4.31. The summed E-state index contributed by atoms with van der Waals surface area (Å²) >= 11 is 0. The van der Waals surface area contributed by atoms with Crippen LogP contribution in [0.15, 0.2) is 148 Å². The van der Waals surface area contributed by atoms with Crippen LogP contribution in [0.2, 0.25) is 0 Å². The molecule has 0 N–H and O–H groups in total. The standard InChI is InChI=1S/C48H43NOS/c1-48(28-33-24-32-25-34(29-48)46(32)33)35-17-19-36(20-18-35)49(41-13-9-15-43-47(41)40-12-7-8-14-42(40)50-43)37-21-23-39-38-22-16-31(30-10-5-4-6-11-30)26-44(38)51(2,3)45(39)27-37/h4-23,26-27,32-34,46H,24-25,28-29H2,1-3H3. The maximum absolute atomic E-state index is 6.44. The summed E-state index contributed by atoms with van der Waals surface area (Å²) in [5, 5.41) is 2.32. The van der Waals surface area contributed by atoms with Crippen molar-refractivity contribution in [1.82, 2.24) is 0 Å². The number of anilines is 3. The highest BCUT2D eigenvalue weighted by Crippen LogP contribution is 2.69. The smallest absolute Gasteiger partial charge is 0.137 e.